The summed E-state index contributed by atoms with van der Waals surface area (Å²) in [4.78, 5) is 13.3. The van der Waals surface area contributed by atoms with Gasteiger partial charge in [-0.2, -0.15) is 13.2 Å². The molecule has 2 aromatic carbocycles. The lowest BCUT2D eigenvalue weighted by Gasteiger charge is -2.44. The summed E-state index contributed by atoms with van der Waals surface area (Å²) >= 11 is 0. The number of alkyl halides is 3. The SMILES string of the molecule is Cc1cccc(CO[C@]2(C(=O)NC3CC3)CC(OCc3ccc(C(F)(F)F)cc3)[C@H](O)[C@H](O)C2)c1. The molecule has 2 aromatic rings. The fraction of sp³-hybridized carbons (Fsp3) is 0.500. The second-order valence-electron chi connectivity index (χ2n) is 9.53. The van der Waals surface area contributed by atoms with Gasteiger partial charge in [0, 0.05) is 18.9 Å². The highest BCUT2D eigenvalue weighted by atomic mass is 19.4. The highest BCUT2D eigenvalue weighted by Gasteiger charge is 2.52. The minimum atomic E-state index is -4.44. The first-order chi connectivity index (χ1) is 16.6. The fourth-order valence-corrected chi connectivity index (χ4v) is 4.32. The highest BCUT2D eigenvalue weighted by Crippen LogP contribution is 2.37. The molecule has 0 aliphatic heterocycles. The molecule has 0 spiro atoms. The van der Waals surface area contributed by atoms with Crippen molar-refractivity contribution >= 4 is 5.91 Å². The molecule has 0 radical (unpaired) electrons. The number of carbonyl (C=O) groups excluding carboxylic acids is 1. The Hall–Kier alpha value is -2.46. The van der Waals surface area contributed by atoms with Gasteiger partial charge < -0.3 is 25.0 Å². The molecule has 1 unspecified atom stereocenters. The van der Waals surface area contributed by atoms with Gasteiger partial charge in [-0.3, -0.25) is 4.79 Å². The van der Waals surface area contributed by atoms with Crippen molar-refractivity contribution in [1.29, 1.82) is 0 Å². The van der Waals surface area contributed by atoms with Crippen molar-refractivity contribution in [1.82, 2.24) is 5.32 Å². The number of hydrogen-bond acceptors (Lipinski definition) is 5. The number of hydrogen-bond donors (Lipinski definition) is 3. The van der Waals surface area contributed by atoms with Crippen LogP contribution >= 0.6 is 0 Å². The van der Waals surface area contributed by atoms with E-state index in [0.717, 1.165) is 36.1 Å². The molecule has 190 valence electrons. The molecule has 9 heteroatoms. The molecule has 0 heterocycles. The molecule has 2 saturated carbocycles. The van der Waals surface area contributed by atoms with E-state index in [1.807, 2.05) is 31.2 Å². The van der Waals surface area contributed by atoms with Crippen LogP contribution in [0.3, 0.4) is 0 Å². The third-order valence-corrected chi connectivity index (χ3v) is 6.51. The maximum atomic E-state index is 13.3. The first-order valence-corrected chi connectivity index (χ1v) is 11.7. The summed E-state index contributed by atoms with van der Waals surface area (Å²) in [6, 6.07) is 12.3. The Balaban J connectivity index is 1.49. The van der Waals surface area contributed by atoms with Crippen LogP contribution in [0.2, 0.25) is 0 Å². The second-order valence-corrected chi connectivity index (χ2v) is 9.53. The molecule has 1 amide bonds. The summed E-state index contributed by atoms with van der Waals surface area (Å²) in [6.07, 6.45) is -6.29. The van der Waals surface area contributed by atoms with Gasteiger partial charge in [-0.1, -0.05) is 42.0 Å². The number of carbonyl (C=O) groups is 1. The zero-order chi connectivity index (χ0) is 25.2. The van der Waals surface area contributed by atoms with E-state index in [4.69, 9.17) is 9.47 Å². The molecule has 6 nitrogen and oxygen atoms in total. The van der Waals surface area contributed by atoms with Crippen molar-refractivity contribution in [2.24, 2.45) is 0 Å². The second kappa shape index (κ2) is 10.3. The molecular formula is C26H30F3NO5. The Bertz CT molecular complexity index is 1020. The van der Waals surface area contributed by atoms with Gasteiger partial charge in [0.1, 0.15) is 6.10 Å². The topological polar surface area (TPSA) is 88.0 Å². The van der Waals surface area contributed by atoms with Gasteiger partial charge in [-0.25, -0.2) is 0 Å². The number of nitrogens with one attached hydrogen (secondary N) is 1. The Morgan fingerprint density at radius 3 is 2.40 bits per heavy atom. The number of aliphatic hydroxyl groups excluding tert-OH is 2. The minimum Gasteiger partial charge on any atom is -0.390 e. The smallest absolute Gasteiger partial charge is 0.390 e. The van der Waals surface area contributed by atoms with Crippen molar-refractivity contribution in [3.8, 4) is 0 Å². The minimum absolute atomic E-state index is 0.00374. The van der Waals surface area contributed by atoms with E-state index >= 15 is 0 Å². The Morgan fingerprint density at radius 1 is 1.06 bits per heavy atom. The number of rotatable bonds is 8. The van der Waals surface area contributed by atoms with Crippen molar-refractivity contribution in [2.45, 2.75) is 82.0 Å². The summed E-state index contributed by atoms with van der Waals surface area (Å²) in [7, 11) is 0. The van der Waals surface area contributed by atoms with Crippen LogP contribution in [0.15, 0.2) is 48.5 Å². The maximum Gasteiger partial charge on any atom is 0.416 e. The summed E-state index contributed by atoms with van der Waals surface area (Å²) in [5.74, 6) is -0.360. The van der Waals surface area contributed by atoms with Crippen molar-refractivity contribution in [3.63, 3.8) is 0 Å². The third-order valence-electron chi connectivity index (χ3n) is 6.51. The molecule has 2 aliphatic carbocycles. The molecular weight excluding hydrogens is 463 g/mol. The van der Waals surface area contributed by atoms with Crippen LogP contribution in [-0.4, -0.2) is 46.1 Å². The van der Waals surface area contributed by atoms with Crippen LogP contribution in [-0.2, 0) is 33.7 Å². The van der Waals surface area contributed by atoms with Gasteiger partial charge in [0.15, 0.2) is 5.60 Å². The molecule has 4 rings (SSSR count). The van der Waals surface area contributed by atoms with Crippen LogP contribution in [0, 0.1) is 6.92 Å². The normalized spacial score (nSPS) is 27.0. The van der Waals surface area contributed by atoms with Gasteiger partial charge in [0.05, 0.1) is 31.0 Å². The van der Waals surface area contributed by atoms with Crippen LogP contribution in [0.5, 0.6) is 0 Å². The van der Waals surface area contributed by atoms with Gasteiger partial charge >= 0.3 is 6.18 Å². The van der Waals surface area contributed by atoms with Gasteiger partial charge in [0.25, 0.3) is 5.91 Å². The van der Waals surface area contributed by atoms with E-state index in [1.165, 1.54) is 12.1 Å². The molecule has 0 aromatic heterocycles. The Labute approximate surface area is 202 Å². The van der Waals surface area contributed by atoms with Crippen LogP contribution < -0.4 is 5.32 Å². The third kappa shape index (κ3) is 6.41. The molecule has 0 bridgehead atoms. The number of amides is 1. The summed E-state index contributed by atoms with van der Waals surface area (Å²) in [6.45, 7) is 1.99. The number of aryl methyl sites for hydroxylation is 1. The van der Waals surface area contributed by atoms with Crippen LogP contribution in [0.25, 0.3) is 0 Å². The highest BCUT2D eigenvalue weighted by molar-refractivity contribution is 5.86. The number of halogens is 3. The molecule has 35 heavy (non-hydrogen) atoms. The van der Waals surface area contributed by atoms with Crippen molar-refractivity contribution in [3.05, 3.63) is 70.8 Å². The predicted molar refractivity (Wildman–Crippen MR) is 121 cm³/mol. The van der Waals surface area contributed by atoms with E-state index in [-0.39, 0.29) is 38.0 Å². The average Bonchev–Trinajstić information content (AvgIpc) is 3.63. The molecule has 2 aliphatic rings. The Kier molecular flexibility index (Phi) is 7.51. The predicted octanol–water partition coefficient (Wildman–Crippen LogP) is 3.65. The lowest BCUT2D eigenvalue weighted by atomic mass is 9.78. The molecule has 0 saturated heterocycles. The van der Waals surface area contributed by atoms with Crippen molar-refractivity contribution < 1.29 is 37.7 Å². The van der Waals surface area contributed by atoms with Gasteiger partial charge in [0.2, 0.25) is 0 Å². The largest absolute Gasteiger partial charge is 0.416 e. The molecule has 4 atom stereocenters. The number of aliphatic hydroxyl groups is 2. The standard InChI is InChI=1S/C26H30F3NO5/c1-16-3-2-4-18(11-16)15-35-25(24(33)30-20-9-10-20)12-21(31)23(32)22(13-25)34-14-17-5-7-19(8-6-17)26(27,28)29/h2-8,11,20-23,31-32H,9-10,12-15H2,1H3,(H,30,33)/t21-,22?,23-,25+/m1/s1. The lowest BCUT2D eigenvalue weighted by molar-refractivity contribution is -0.200. The lowest BCUT2D eigenvalue weighted by Crippen LogP contribution is -2.60. The van der Waals surface area contributed by atoms with Crippen LogP contribution in [0.4, 0.5) is 13.2 Å². The summed E-state index contributed by atoms with van der Waals surface area (Å²) in [5.41, 5.74) is 0.190. The summed E-state index contributed by atoms with van der Waals surface area (Å²) < 4.78 is 50.5. The number of benzene rings is 2. The maximum absolute atomic E-state index is 13.3. The van der Waals surface area contributed by atoms with E-state index in [0.29, 0.717) is 5.56 Å². The van der Waals surface area contributed by atoms with E-state index in [9.17, 15) is 28.2 Å². The van der Waals surface area contributed by atoms with Crippen molar-refractivity contribution in [2.75, 3.05) is 0 Å². The zero-order valence-electron chi connectivity index (χ0n) is 19.4. The van der Waals surface area contributed by atoms with E-state index in [2.05, 4.69) is 5.32 Å². The molecule has 3 N–H and O–H groups in total. The average molecular weight is 494 g/mol. The van der Waals surface area contributed by atoms with Crippen LogP contribution in [0.1, 0.15) is 47.9 Å². The first kappa shape index (κ1) is 25.6. The Morgan fingerprint density at radius 2 is 1.77 bits per heavy atom. The first-order valence-electron chi connectivity index (χ1n) is 11.7. The van der Waals surface area contributed by atoms with Gasteiger partial charge in [-0.15, -0.1) is 0 Å². The fourth-order valence-electron chi connectivity index (χ4n) is 4.32. The van der Waals surface area contributed by atoms with E-state index in [1.54, 1.807) is 0 Å². The monoisotopic (exact) mass is 493 g/mol. The molecule has 2 fully saturated rings. The number of ether oxygens (including phenoxy) is 2. The zero-order valence-corrected chi connectivity index (χ0v) is 19.4. The van der Waals surface area contributed by atoms with E-state index < -0.39 is 35.7 Å². The quantitative estimate of drug-likeness (QED) is 0.523. The summed E-state index contributed by atoms with van der Waals surface area (Å²) in [5, 5.41) is 24.2. The van der Waals surface area contributed by atoms with Gasteiger partial charge in [-0.05, 0) is 43.0 Å².